The molecule has 3 aliphatic rings. The van der Waals surface area contributed by atoms with Crippen LogP contribution in [0, 0.1) is 35.0 Å². The van der Waals surface area contributed by atoms with Gasteiger partial charge in [-0.2, -0.15) is 4.99 Å². The maximum Gasteiger partial charge on any atom is 0.226 e. The molecular weight excluding hydrogens is 556 g/mol. The van der Waals surface area contributed by atoms with Crippen molar-refractivity contribution in [3.05, 3.63) is 0 Å². The fourth-order valence-electron chi connectivity index (χ4n) is 9.13. The zero-order valence-corrected chi connectivity index (χ0v) is 31.3. The molecule has 7 nitrogen and oxygen atoms in total. The summed E-state index contributed by atoms with van der Waals surface area (Å²) >= 11 is 0. The monoisotopic (exact) mass is 629 g/mol. The third-order valence-electron chi connectivity index (χ3n) is 10.5. The number of rotatable bonds is 12. The number of morpholine rings is 1. The van der Waals surface area contributed by atoms with E-state index in [0.717, 1.165) is 37.8 Å². The molecule has 3 saturated heterocycles. The predicted molar refractivity (Wildman–Crippen MR) is 194 cm³/mol. The summed E-state index contributed by atoms with van der Waals surface area (Å²) < 4.78 is 5.62. The summed E-state index contributed by atoms with van der Waals surface area (Å²) in [4.78, 5) is 12.0. The number of aliphatic imine (C=N–C) groups is 2. The number of nitrogens with one attached hydrogen (secondary N) is 3. The molecule has 0 aromatic carbocycles. The van der Waals surface area contributed by atoms with Crippen molar-refractivity contribution in [1.82, 2.24) is 15.5 Å². The Morgan fingerprint density at radius 1 is 0.800 bits per heavy atom. The first-order valence-electron chi connectivity index (χ1n) is 18.5. The van der Waals surface area contributed by atoms with Crippen molar-refractivity contribution in [1.29, 1.82) is 5.41 Å². The zero-order valence-electron chi connectivity index (χ0n) is 31.3. The summed E-state index contributed by atoms with van der Waals surface area (Å²) in [5.74, 6) is 3.83. The second kappa shape index (κ2) is 16.2. The molecule has 0 spiro atoms. The van der Waals surface area contributed by atoms with Gasteiger partial charge in [-0.3, -0.25) is 5.41 Å². The molecular formula is C38H72N6O. The summed E-state index contributed by atoms with van der Waals surface area (Å²) in [5.41, 5.74) is 0.670. The van der Waals surface area contributed by atoms with Gasteiger partial charge in [0.25, 0.3) is 0 Å². The number of amidine groups is 1. The van der Waals surface area contributed by atoms with Crippen molar-refractivity contribution in [2.24, 2.45) is 39.6 Å². The first-order chi connectivity index (χ1) is 20.9. The van der Waals surface area contributed by atoms with Crippen LogP contribution in [-0.2, 0) is 4.74 Å². The number of piperidine rings is 2. The molecule has 45 heavy (non-hydrogen) atoms. The Balaban J connectivity index is 1.65. The molecule has 3 fully saturated rings. The maximum atomic E-state index is 8.47. The molecule has 7 heteroatoms. The van der Waals surface area contributed by atoms with E-state index in [4.69, 9.17) is 20.1 Å². The van der Waals surface area contributed by atoms with Gasteiger partial charge in [-0.15, -0.1) is 0 Å². The summed E-state index contributed by atoms with van der Waals surface area (Å²) in [5, 5.41) is 16.2. The van der Waals surface area contributed by atoms with Gasteiger partial charge >= 0.3 is 0 Å². The predicted octanol–water partition coefficient (Wildman–Crippen LogP) is 8.48. The molecule has 0 saturated carbocycles. The molecule has 260 valence electrons. The number of unbranched alkanes of at least 4 members (excludes halogenated alkanes) is 3. The highest BCUT2D eigenvalue weighted by Crippen LogP contribution is 2.41. The van der Waals surface area contributed by atoms with Gasteiger partial charge in [-0.25, -0.2) is 4.99 Å². The number of ether oxygens (including phenoxy) is 1. The maximum absolute atomic E-state index is 8.47. The Bertz CT molecular complexity index is 958. The van der Waals surface area contributed by atoms with Gasteiger partial charge in [0.1, 0.15) is 5.84 Å². The molecule has 0 aromatic rings. The van der Waals surface area contributed by atoms with Crippen LogP contribution in [-0.4, -0.2) is 71.4 Å². The average molecular weight is 629 g/mol. The van der Waals surface area contributed by atoms with Crippen molar-refractivity contribution in [3.8, 4) is 0 Å². The van der Waals surface area contributed by atoms with E-state index in [9.17, 15) is 0 Å². The van der Waals surface area contributed by atoms with E-state index >= 15 is 0 Å². The van der Waals surface area contributed by atoms with E-state index < -0.39 is 0 Å². The highest BCUT2D eigenvalue weighted by Gasteiger charge is 2.41. The van der Waals surface area contributed by atoms with Gasteiger partial charge in [-0.1, -0.05) is 59.3 Å². The van der Waals surface area contributed by atoms with Gasteiger partial charge in [-0.05, 0) is 111 Å². The second-order valence-corrected chi connectivity index (χ2v) is 17.8. The highest BCUT2D eigenvalue weighted by atomic mass is 16.5. The summed E-state index contributed by atoms with van der Waals surface area (Å²) in [6.45, 7) is 28.4. The van der Waals surface area contributed by atoms with Gasteiger partial charge in [0, 0.05) is 47.4 Å². The van der Waals surface area contributed by atoms with Crippen LogP contribution < -0.4 is 10.6 Å². The van der Waals surface area contributed by atoms with Crippen LogP contribution in [0.25, 0.3) is 0 Å². The summed E-state index contributed by atoms with van der Waals surface area (Å²) in [6, 6.07) is 0. The Hall–Kier alpha value is -1.31. The first-order valence-corrected chi connectivity index (χ1v) is 18.5. The molecule has 0 amide bonds. The third-order valence-corrected chi connectivity index (χ3v) is 10.5. The van der Waals surface area contributed by atoms with Gasteiger partial charge in [0.2, 0.25) is 5.96 Å². The highest BCUT2D eigenvalue weighted by molar-refractivity contribution is 5.98. The Kier molecular flexibility index (Phi) is 13.7. The zero-order chi connectivity index (χ0) is 33.5. The van der Waals surface area contributed by atoms with E-state index in [0.29, 0.717) is 36.8 Å². The van der Waals surface area contributed by atoms with Gasteiger partial charge in [0.15, 0.2) is 0 Å². The van der Waals surface area contributed by atoms with Crippen molar-refractivity contribution in [2.45, 2.75) is 169 Å². The van der Waals surface area contributed by atoms with E-state index in [2.05, 4.69) is 84.1 Å². The molecule has 3 rings (SSSR count). The van der Waals surface area contributed by atoms with E-state index in [1.807, 2.05) is 13.8 Å². The van der Waals surface area contributed by atoms with Crippen LogP contribution in [0.1, 0.15) is 147 Å². The molecule has 2 atom stereocenters. The fourth-order valence-corrected chi connectivity index (χ4v) is 9.13. The van der Waals surface area contributed by atoms with Crippen LogP contribution in [0.5, 0.6) is 0 Å². The number of hydrogen-bond donors (Lipinski definition) is 3. The fraction of sp³-hybridized carbons (Fsp3) is 0.921. The van der Waals surface area contributed by atoms with Crippen molar-refractivity contribution in [3.63, 3.8) is 0 Å². The van der Waals surface area contributed by atoms with E-state index in [1.54, 1.807) is 0 Å². The molecule has 3 heterocycles. The van der Waals surface area contributed by atoms with Crippen molar-refractivity contribution < 1.29 is 4.74 Å². The van der Waals surface area contributed by atoms with Crippen LogP contribution in [0.2, 0.25) is 0 Å². The van der Waals surface area contributed by atoms with Gasteiger partial charge in [0.05, 0.1) is 13.2 Å². The molecule has 0 bridgehead atoms. The topological polar surface area (TPSA) is 85.1 Å². The smallest absolute Gasteiger partial charge is 0.226 e. The Morgan fingerprint density at radius 2 is 1.29 bits per heavy atom. The number of nitrogens with zero attached hydrogens (tertiary/aromatic N) is 3. The molecule has 0 radical (unpaired) electrons. The lowest BCUT2D eigenvalue weighted by Crippen LogP contribution is -2.58. The summed E-state index contributed by atoms with van der Waals surface area (Å²) in [6.07, 6.45) is 16.2. The quantitative estimate of drug-likeness (QED) is 0.115. The minimum Gasteiger partial charge on any atom is -0.378 e. The van der Waals surface area contributed by atoms with E-state index in [1.165, 1.54) is 57.8 Å². The lowest BCUT2D eigenvalue weighted by atomic mass is 9.69. The largest absolute Gasteiger partial charge is 0.378 e. The number of hydrogen-bond acceptors (Lipinski definition) is 4. The van der Waals surface area contributed by atoms with Crippen molar-refractivity contribution in [2.75, 3.05) is 26.3 Å². The lowest BCUT2D eigenvalue weighted by molar-refractivity contribution is 0.0676. The Morgan fingerprint density at radius 3 is 1.78 bits per heavy atom. The second-order valence-electron chi connectivity index (χ2n) is 17.8. The molecule has 2 unspecified atom stereocenters. The summed E-state index contributed by atoms with van der Waals surface area (Å²) in [7, 11) is 0. The van der Waals surface area contributed by atoms with E-state index in [-0.39, 0.29) is 28.1 Å². The third kappa shape index (κ3) is 12.7. The first kappa shape index (κ1) is 38.1. The Labute approximate surface area is 278 Å². The van der Waals surface area contributed by atoms with Crippen LogP contribution in [0.3, 0.4) is 0 Å². The number of guanidine groups is 1. The minimum atomic E-state index is 0.0816. The lowest BCUT2D eigenvalue weighted by Gasteiger charge is -2.48. The van der Waals surface area contributed by atoms with Gasteiger partial charge < -0.3 is 20.3 Å². The molecule has 3 N–H and O–H groups in total. The molecule has 3 aliphatic heterocycles. The minimum absolute atomic E-state index is 0.0816. The van der Waals surface area contributed by atoms with Crippen LogP contribution >= 0.6 is 0 Å². The normalized spacial score (nSPS) is 25.5. The SMILES string of the molecule is CCC(CCCCCCC(/C=N/C(=N\C(=N)C(C)C)N1CCOCC1)C1CC(C)(C)NC(C)(C)C1)C1CC(C)(C)NC(C)(C)C1. The molecule has 0 aromatic heterocycles. The van der Waals surface area contributed by atoms with Crippen LogP contribution in [0.15, 0.2) is 9.98 Å². The average Bonchev–Trinajstić information content (AvgIpc) is 2.90. The molecule has 0 aliphatic carbocycles. The van der Waals surface area contributed by atoms with Crippen LogP contribution in [0.4, 0.5) is 0 Å². The van der Waals surface area contributed by atoms with Crippen molar-refractivity contribution >= 4 is 18.0 Å². The standard InChI is InChI=1S/C38H72N6O/c1-12-29(31-23-35(4,5)42-36(6,7)24-31)17-15-13-14-16-18-30(32-25-37(8,9)43-38(10,11)26-32)27-40-34(41-33(39)28(2)3)44-19-21-45-22-20-44/h27-32,39,42-43H,12-26H2,1-11H3/b39-33?,40-27+,41-34+.